The molecule has 19 heavy (non-hydrogen) atoms. The number of rotatable bonds is 2. The summed E-state index contributed by atoms with van der Waals surface area (Å²) in [6, 6.07) is 9.24. The number of phenols is 3. The molecule has 0 saturated heterocycles. The fraction of sp³-hybridized carbons (Fsp3) is 0.0714. The Hall–Kier alpha value is -2.27. The molecule has 0 saturated carbocycles. The Morgan fingerprint density at radius 3 is 2.42 bits per heavy atom. The number of benzene rings is 2. The highest BCUT2D eigenvalue weighted by molar-refractivity contribution is 7.81. The monoisotopic (exact) mass is 275 g/mol. The van der Waals surface area contributed by atoms with Gasteiger partial charge in [-0.25, -0.2) is 0 Å². The molecule has 0 fully saturated rings. The van der Waals surface area contributed by atoms with Crippen LogP contribution in [0.4, 0.5) is 5.69 Å². The van der Waals surface area contributed by atoms with Crippen LogP contribution in [0.3, 0.4) is 0 Å². The van der Waals surface area contributed by atoms with Gasteiger partial charge in [0.15, 0.2) is 0 Å². The molecule has 0 spiro atoms. The van der Waals surface area contributed by atoms with E-state index in [-0.39, 0.29) is 22.2 Å². The molecule has 0 heterocycles. The molecule has 0 aliphatic rings. The van der Waals surface area contributed by atoms with Crippen molar-refractivity contribution in [2.24, 2.45) is 0 Å². The molecule has 2 rings (SSSR count). The van der Waals surface area contributed by atoms with Gasteiger partial charge < -0.3 is 20.6 Å². The molecule has 4 N–H and O–H groups in total. The molecule has 0 unspecified atom stereocenters. The lowest BCUT2D eigenvalue weighted by Crippen LogP contribution is -2.10. The van der Waals surface area contributed by atoms with Crippen LogP contribution in [0.25, 0.3) is 0 Å². The predicted octanol–water partition coefficient (Wildman–Crippen LogP) is 2.90. The molecule has 0 aliphatic carbocycles. The molecule has 2 aromatic carbocycles. The molecule has 0 aromatic heterocycles. The van der Waals surface area contributed by atoms with Gasteiger partial charge in [0.05, 0.1) is 11.3 Å². The van der Waals surface area contributed by atoms with E-state index < -0.39 is 0 Å². The van der Waals surface area contributed by atoms with Gasteiger partial charge in [0.25, 0.3) is 0 Å². The second kappa shape index (κ2) is 5.16. The molecule has 0 aliphatic heterocycles. The first-order valence-corrected chi connectivity index (χ1v) is 6.01. The fourth-order valence-corrected chi connectivity index (χ4v) is 1.93. The van der Waals surface area contributed by atoms with Crippen LogP contribution < -0.4 is 5.32 Å². The lowest BCUT2D eigenvalue weighted by molar-refractivity contribution is 0.450. The van der Waals surface area contributed by atoms with Gasteiger partial charge in [0.2, 0.25) is 0 Å². The first-order chi connectivity index (χ1) is 8.97. The van der Waals surface area contributed by atoms with Crippen LogP contribution >= 0.6 is 12.2 Å². The smallest absolute Gasteiger partial charge is 0.139 e. The summed E-state index contributed by atoms with van der Waals surface area (Å²) < 4.78 is 0. The maximum atomic E-state index is 9.72. The number of nitrogens with one attached hydrogen (secondary N) is 1. The van der Waals surface area contributed by atoms with E-state index in [1.165, 1.54) is 18.2 Å². The van der Waals surface area contributed by atoms with Gasteiger partial charge in [-0.15, -0.1) is 0 Å². The summed E-state index contributed by atoms with van der Waals surface area (Å²) in [7, 11) is 0. The van der Waals surface area contributed by atoms with Crippen LogP contribution in [0.5, 0.6) is 17.2 Å². The van der Waals surface area contributed by atoms with Crippen molar-refractivity contribution in [2.45, 2.75) is 6.92 Å². The fourth-order valence-electron chi connectivity index (χ4n) is 1.65. The van der Waals surface area contributed by atoms with Gasteiger partial charge in [-0.05, 0) is 36.8 Å². The van der Waals surface area contributed by atoms with Gasteiger partial charge >= 0.3 is 0 Å². The highest BCUT2D eigenvalue weighted by Gasteiger charge is 2.10. The lowest BCUT2D eigenvalue weighted by atomic mass is 10.1. The largest absolute Gasteiger partial charge is 0.508 e. The second-order valence-corrected chi connectivity index (χ2v) is 4.58. The van der Waals surface area contributed by atoms with E-state index in [2.05, 4.69) is 5.32 Å². The quantitative estimate of drug-likeness (QED) is 0.501. The average Bonchev–Trinajstić information content (AvgIpc) is 2.33. The number of thiocarbonyl (C=S) groups is 1. The van der Waals surface area contributed by atoms with E-state index in [1.54, 1.807) is 18.2 Å². The average molecular weight is 275 g/mol. The Balaban J connectivity index is 2.28. The molecule has 2 aromatic rings. The zero-order chi connectivity index (χ0) is 14.0. The van der Waals surface area contributed by atoms with E-state index in [0.29, 0.717) is 11.3 Å². The first kappa shape index (κ1) is 13.2. The minimum absolute atomic E-state index is 0.0394. The number of aryl methyl sites for hydroxylation is 1. The summed E-state index contributed by atoms with van der Waals surface area (Å²) in [5.74, 6) is -0.0849. The van der Waals surface area contributed by atoms with Gasteiger partial charge in [0.1, 0.15) is 22.2 Å². The van der Waals surface area contributed by atoms with E-state index >= 15 is 0 Å². The Morgan fingerprint density at radius 1 is 1.00 bits per heavy atom. The summed E-state index contributed by atoms with van der Waals surface area (Å²) in [5, 5.41) is 31.5. The van der Waals surface area contributed by atoms with Crippen molar-refractivity contribution in [3.8, 4) is 17.2 Å². The van der Waals surface area contributed by atoms with Crippen molar-refractivity contribution >= 4 is 22.9 Å². The van der Waals surface area contributed by atoms with Crippen molar-refractivity contribution in [2.75, 3.05) is 5.32 Å². The van der Waals surface area contributed by atoms with Crippen LogP contribution in [-0.4, -0.2) is 20.3 Å². The minimum atomic E-state index is -0.121. The van der Waals surface area contributed by atoms with Gasteiger partial charge in [-0.3, -0.25) is 0 Å². The third-order valence-corrected chi connectivity index (χ3v) is 2.95. The van der Waals surface area contributed by atoms with Crippen LogP contribution in [-0.2, 0) is 0 Å². The molecular weight excluding hydrogens is 262 g/mol. The minimum Gasteiger partial charge on any atom is -0.508 e. The molecule has 0 radical (unpaired) electrons. The zero-order valence-electron chi connectivity index (χ0n) is 10.2. The van der Waals surface area contributed by atoms with Gasteiger partial charge in [-0.1, -0.05) is 18.3 Å². The zero-order valence-corrected chi connectivity index (χ0v) is 11.0. The summed E-state index contributed by atoms with van der Waals surface area (Å²) in [6.45, 7) is 1.89. The lowest BCUT2D eigenvalue weighted by Gasteiger charge is -2.11. The normalized spacial score (nSPS) is 10.2. The Labute approximate surface area is 116 Å². The van der Waals surface area contributed by atoms with Crippen molar-refractivity contribution in [1.29, 1.82) is 0 Å². The predicted molar refractivity (Wildman–Crippen MR) is 77.9 cm³/mol. The summed E-state index contributed by atoms with van der Waals surface area (Å²) >= 11 is 5.17. The standard InChI is InChI=1S/C14H13NO3S/c1-8-2-5-12(17)11(6-8)15-14(19)10-4-3-9(16)7-13(10)18/h2-7,16-18H,1H3,(H,15,19). The molecule has 0 amide bonds. The third kappa shape index (κ3) is 2.95. The summed E-state index contributed by atoms with van der Waals surface area (Å²) in [6.07, 6.45) is 0. The van der Waals surface area contributed by atoms with Gasteiger partial charge in [0, 0.05) is 6.07 Å². The SMILES string of the molecule is Cc1ccc(O)c(NC(=S)c2ccc(O)cc2O)c1. The van der Waals surface area contributed by atoms with Crippen molar-refractivity contribution in [3.63, 3.8) is 0 Å². The van der Waals surface area contributed by atoms with Crippen LogP contribution in [0, 0.1) is 6.92 Å². The third-order valence-electron chi connectivity index (χ3n) is 2.63. The van der Waals surface area contributed by atoms with E-state index in [9.17, 15) is 15.3 Å². The number of hydrogen-bond acceptors (Lipinski definition) is 4. The van der Waals surface area contributed by atoms with E-state index in [1.807, 2.05) is 6.92 Å². The maximum Gasteiger partial charge on any atom is 0.139 e. The maximum absolute atomic E-state index is 9.72. The van der Waals surface area contributed by atoms with Crippen molar-refractivity contribution in [1.82, 2.24) is 0 Å². The Bertz CT molecular complexity index is 641. The molecule has 0 atom stereocenters. The van der Waals surface area contributed by atoms with Crippen molar-refractivity contribution in [3.05, 3.63) is 47.5 Å². The molecular formula is C14H13NO3S. The Morgan fingerprint density at radius 2 is 1.74 bits per heavy atom. The summed E-state index contributed by atoms with van der Waals surface area (Å²) in [5.41, 5.74) is 1.82. The molecule has 4 nitrogen and oxygen atoms in total. The first-order valence-electron chi connectivity index (χ1n) is 5.60. The van der Waals surface area contributed by atoms with Crippen LogP contribution in [0.2, 0.25) is 0 Å². The Kier molecular flexibility index (Phi) is 3.57. The van der Waals surface area contributed by atoms with Gasteiger partial charge in [-0.2, -0.15) is 0 Å². The van der Waals surface area contributed by atoms with Crippen molar-refractivity contribution < 1.29 is 15.3 Å². The molecule has 5 heteroatoms. The summed E-state index contributed by atoms with van der Waals surface area (Å²) in [4.78, 5) is 0.262. The van der Waals surface area contributed by atoms with Crippen LogP contribution in [0.15, 0.2) is 36.4 Å². The number of aromatic hydroxyl groups is 3. The van der Waals surface area contributed by atoms with E-state index in [4.69, 9.17) is 12.2 Å². The number of phenolic OH excluding ortho intramolecular Hbond substituents is 3. The topological polar surface area (TPSA) is 72.7 Å². The number of hydrogen-bond donors (Lipinski definition) is 4. The van der Waals surface area contributed by atoms with Crippen LogP contribution in [0.1, 0.15) is 11.1 Å². The van der Waals surface area contributed by atoms with E-state index in [0.717, 1.165) is 5.56 Å². The number of anilines is 1. The molecule has 0 bridgehead atoms. The highest BCUT2D eigenvalue weighted by atomic mass is 32.1. The second-order valence-electron chi connectivity index (χ2n) is 4.18. The molecule has 98 valence electrons. The highest BCUT2D eigenvalue weighted by Crippen LogP contribution is 2.27.